The van der Waals surface area contributed by atoms with E-state index < -0.39 is 0 Å². The molecule has 2 heteroatoms. The Bertz CT molecular complexity index is 699. The van der Waals surface area contributed by atoms with Gasteiger partial charge in [0.05, 0.1) is 12.2 Å². The number of fused-ring (bicyclic) bond motifs is 11. The van der Waals surface area contributed by atoms with Crippen molar-refractivity contribution in [1.29, 1.82) is 0 Å². The van der Waals surface area contributed by atoms with Crippen molar-refractivity contribution in [2.24, 2.45) is 52.8 Å². The average molecular weight is 396 g/mol. The fourth-order valence-corrected chi connectivity index (χ4v) is 10.7. The lowest BCUT2D eigenvalue weighted by Crippen LogP contribution is -2.44. The summed E-state index contributed by atoms with van der Waals surface area (Å²) in [5, 5.41) is 4.18. The topological polar surface area (TPSA) is 21.3 Å². The summed E-state index contributed by atoms with van der Waals surface area (Å²) in [6, 6.07) is 1.69. The quantitative estimate of drug-likeness (QED) is 0.541. The Labute approximate surface area is 177 Å². The van der Waals surface area contributed by atoms with Gasteiger partial charge in [-0.05, 0) is 98.2 Å². The van der Waals surface area contributed by atoms with E-state index in [1.165, 1.54) is 64.2 Å². The van der Waals surface area contributed by atoms with Crippen molar-refractivity contribution in [2.45, 2.75) is 102 Å². The summed E-state index contributed by atoms with van der Waals surface area (Å²) >= 11 is 0. The van der Waals surface area contributed by atoms with Gasteiger partial charge < -0.3 is 10.1 Å². The predicted molar refractivity (Wildman–Crippen MR) is 116 cm³/mol. The van der Waals surface area contributed by atoms with E-state index in [4.69, 9.17) is 4.74 Å². The molecule has 0 spiro atoms. The van der Waals surface area contributed by atoms with Crippen LogP contribution in [0.2, 0.25) is 0 Å². The van der Waals surface area contributed by atoms with Crippen molar-refractivity contribution >= 4 is 0 Å². The highest BCUT2D eigenvalue weighted by atomic mass is 16.5. The fraction of sp³-hybridized carbons (Fsp3) is 0.926. The Morgan fingerprint density at radius 3 is 2.62 bits per heavy atom. The molecule has 0 bridgehead atoms. The van der Waals surface area contributed by atoms with Crippen molar-refractivity contribution in [1.82, 2.24) is 5.32 Å². The van der Waals surface area contributed by atoms with E-state index in [1.54, 1.807) is 0 Å². The van der Waals surface area contributed by atoms with Crippen LogP contribution in [-0.4, -0.2) is 24.3 Å². The van der Waals surface area contributed by atoms with Crippen molar-refractivity contribution in [3.05, 3.63) is 12.2 Å². The number of hydrogen-bond acceptors (Lipinski definition) is 2. The molecule has 1 N–H and O–H groups in total. The third kappa shape index (κ3) is 2.37. The van der Waals surface area contributed by atoms with E-state index in [-0.39, 0.29) is 0 Å². The minimum atomic E-state index is 0.466. The average Bonchev–Trinajstić information content (AvgIpc) is 3.36. The van der Waals surface area contributed by atoms with E-state index in [9.17, 15) is 0 Å². The molecule has 29 heavy (non-hydrogen) atoms. The third-order valence-electron chi connectivity index (χ3n) is 11.5. The lowest BCUT2D eigenvalue weighted by Gasteiger charge is -2.44. The van der Waals surface area contributed by atoms with Gasteiger partial charge in [-0.1, -0.05) is 38.8 Å². The standard InChI is InChI=1S/C27H41NO/c1-27(2)19-13-14-21-24(17-8-3-5-9-20(17)28-21)23(19)18-12-11-16-15-7-4-6-10-22(15)29-26(16)25(18)27/h4,7,15-26,28H,3,5-6,8-14H2,1-2H3. The SMILES string of the molecule is CC1(C)C2CCC3NC4CCCCC4C3C2C2CCC3C4C=CCCC4OC3C21. The molecule has 0 radical (unpaired) electrons. The summed E-state index contributed by atoms with van der Waals surface area (Å²) in [5.74, 6) is 7.21. The molecule has 12 unspecified atom stereocenters. The van der Waals surface area contributed by atoms with Crippen LogP contribution in [0, 0.1) is 52.8 Å². The van der Waals surface area contributed by atoms with Crippen LogP contribution < -0.4 is 5.32 Å². The largest absolute Gasteiger partial charge is 0.374 e. The molecule has 6 fully saturated rings. The number of allylic oxidation sites excluding steroid dienone is 1. The zero-order chi connectivity index (χ0) is 19.3. The first-order chi connectivity index (χ1) is 14.1. The first kappa shape index (κ1) is 18.3. The second-order valence-corrected chi connectivity index (χ2v) is 12.6. The van der Waals surface area contributed by atoms with Crippen molar-refractivity contribution < 1.29 is 4.74 Å². The van der Waals surface area contributed by atoms with E-state index in [0.717, 1.165) is 59.4 Å². The molecule has 2 heterocycles. The number of rotatable bonds is 0. The molecule has 12 atom stereocenters. The maximum atomic E-state index is 6.98. The Morgan fingerprint density at radius 2 is 1.69 bits per heavy atom. The Kier molecular flexibility index (Phi) is 3.99. The Balaban J connectivity index is 1.25. The molecule has 0 aromatic rings. The van der Waals surface area contributed by atoms with Crippen LogP contribution in [0.15, 0.2) is 12.2 Å². The highest BCUT2D eigenvalue weighted by molar-refractivity contribution is 5.18. The minimum Gasteiger partial charge on any atom is -0.374 e. The van der Waals surface area contributed by atoms with Crippen LogP contribution in [0.4, 0.5) is 0 Å². The maximum absolute atomic E-state index is 6.98. The second kappa shape index (κ2) is 6.35. The molecule has 2 nitrogen and oxygen atoms in total. The van der Waals surface area contributed by atoms with Gasteiger partial charge in [-0.15, -0.1) is 0 Å². The molecule has 5 aliphatic carbocycles. The number of hydrogen-bond donors (Lipinski definition) is 1. The molecule has 0 aromatic heterocycles. The molecule has 4 saturated carbocycles. The summed E-state index contributed by atoms with van der Waals surface area (Å²) in [6.45, 7) is 5.33. The van der Waals surface area contributed by atoms with Crippen molar-refractivity contribution in [2.75, 3.05) is 0 Å². The van der Waals surface area contributed by atoms with Gasteiger partial charge in [0.2, 0.25) is 0 Å². The first-order valence-electron chi connectivity index (χ1n) is 13.2. The Morgan fingerprint density at radius 1 is 0.828 bits per heavy atom. The van der Waals surface area contributed by atoms with Crippen LogP contribution in [0.3, 0.4) is 0 Å². The molecule has 0 amide bonds. The van der Waals surface area contributed by atoms with Crippen molar-refractivity contribution in [3.8, 4) is 0 Å². The van der Waals surface area contributed by atoms with E-state index in [1.807, 2.05) is 0 Å². The van der Waals surface area contributed by atoms with Gasteiger partial charge >= 0.3 is 0 Å². The smallest absolute Gasteiger partial charge is 0.0650 e. The maximum Gasteiger partial charge on any atom is 0.0650 e. The molecule has 2 aliphatic heterocycles. The summed E-state index contributed by atoms with van der Waals surface area (Å²) in [7, 11) is 0. The zero-order valence-corrected chi connectivity index (χ0v) is 18.6. The van der Waals surface area contributed by atoms with Gasteiger partial charge in [-0.3, -0.25) is 0 Å². The third-order valence-corrected chi connectivity index (χ3v) is 11.5. The fourth-order valence-electron chi connectivity index (χ4n) is 10.7. The molecule has 7 rings (SSSR count). The summed E-state index contributed by atoms with van der Waals surface area (Å²) < 4.78 is 6.98. The summed E-state index contributed by atoms with van der Waals surface area (Å²) in [6.07, 6.45) is 20.4. The van der Waals surface area contributed by atoms with Gasteiger partial charge in [0, 0.05) is 18.0 Å². The second-order valence-electron chi connectivity index (χ2n) is 12.6. The van der Waals surface area contributed by atoms with E-state index >= 15 is 0 Å². The lowest BCUT2D eigenvalue weighted by atomic mass is 9.60. The van der Waals surface area contributed by atoms with Crippen LogP contribution in [0.25, 0.3) is 0 Å². The van der Waals surface area contributed by atoms with Crippen LogP contribution in [-0.2, 0) is 4.74 Å². The predicted octanol–water partition coefficient (Wildman–Crippen LogP) is 5.58. The van der Waals surface area contributed by atoms with Crippen LogP contribution in [0.1, 0.15) is 78.1 Å². The summed E-state index contributed by atoms with van der Waals surface area (Å²) in [4.78, 5) is 0. The van der Waals surface area contributed by atoms with Crippen LogP contribution >= 0.6 is 0 Å². The molecular formula is C27H41NO. The van der Waals surface area contributed by atoms with Gasteiger partial charge in [0.25, 0.3) is 0 Å². The summed E-state index contributed by atoms with van der Waals surface area (Å²) in [5.41, 5.74) is 0.466. The molecule has 0 aromatic carbocycles. The molecule has 7 aliphatic rings. The normalized spacial score (nSPS) is 59.2. The van der Waals surface area contributed by atoms with Crippen molar-refractivity contribution in [3.63, 3.8) is 0 Å². The van der Waals surface area contributed by atoms with Gasteiger partial charge in [0.1, 0.15) is 0 Å². The number of ether oxygens (including phenoxy) is 1. The van der Waals surface area contributed by atoms with E-state index in [0.29, 0.717) is 17.6 Å². The van der Waals surface area contributed by atoms with Gasteiger partial charge in [-0.2, -0.15) is 0 Å². The number of nitrogens with one attached hydrogen (secondary N) is 1. The molecular weight excluding hydrogens is 354 g/mol. The molecule has 2 saturated heterocycles. The Hall–Kier alpha value is -0.340. The highest BCUT2D eigenvalue weighted by Crippen LogP contribution is 2.69. The first-order valence-corrected chi connectivity index (χ1v) is 13.2. The van der Waals surface area contributed by atoms with E-state index in [2.05, 4.69) is 31.3 Å². The minimum absolute atomic E-state index is 0.466. The molecule has 160 valence electrons. The lowest BCUT2D eigenvalue weighted by molar-refractivity contribution is -0.0686. The highest BCUT2D eigenvalue weighted by Gasteiger charge is 2.67. The van der Waals surface area contributed by atoms with Gasteiger partial charge in [0.15, 0.2) is 0 Å². The van der Waals surface area contributed by atoms with Crippen LogP contribution in [0.5, 0.6) is 0 Å². The van der Waals surface area contributed by atoms with Gasteiger partial charge in [-0.25, -0.2) is 0 Å². The zero-order valence-electron chi connectivity index (χ0n) is 18.6. The monoisotopic (exact) mass is 395 g/mol.